The first-order valence-electron chi connectivity index (χ1n) is 5.43. The fraction of sp³-hybridized carbons (Fsp3) is 0.333. The summed E-state index contributed by atoms with van der Waals surface area (Å²) in [5, 5.41) is 4.33. The first-order chi connectivity index (χ1) is 8.06. The predicted octanol–water partition coefficient (Wildman–Crippen LogP) is 3.26. The quantitative estimate of drug-likeness (QED) is 0.841. The highest BCUT2D eigenvalue weighted by Crippen LogP contribution is 2.15. The highest BCUT2D eigenvalue weighted by Gasteiger charge is 2.11. The van der Waals surface area contributed by atoms with E-state index in [1.54, 1.807) is 16.8 Å². The van der Waals surface area contributed by atoms with Gasteiger partial charge in [0.2, 0.25) is 5.28 Å². The molecule has 3 nitrogen and oxygen atoms in total. The lowest BCUT2D eigenvalue weighted by Gasteiger charge is -2.07. The van der Waals surface area contributed by atoms with Crippen LogP contribution in [-0.4, -0.2) is 14.8 Å². The summed E-state index contributed by atoms with van der Waals surface area (Å²) in [5.41, 5.74) is 0.765. The maximum absolute atomic E-state index is 12.8. The van der Waals surface area contributed by atoms with Crippen molar-refractivity contribution in [3.8, 4) is 5.69 Å². The molecule has 90 valence electrons. The van der Waals surface area contributed by atoms with Crippen LogP contribution < -0.4 is 0 Å². The van der Waals surface area contributed by atoms with Crippen LogP contribution in [0, 0.1) is 11.7 Å². The van der Waals surface area contributed by atoms with Gasteiger partial charge in [-0.1, -0.05) is 13.8 Å². The van der Waals surface area contributed by atoms with Crippen molar-refractivity contribution in [2.45, 2.75) is 20.3 Å². The highest BCUT2D eigenvalue weighted by atomic mass is 35.5. The van der Waals surface area contributed by atoms with Gasteiger partial charge < -0.3 is 0 Å². The molecular weight excluding hydrogens is 241 g/mol. The maximum atomic E-state index is 12.8. The second kappa shape index (κ2) is 4.84. The summed E-state index contributed by atoms with van der Waals surface area (Å²) >= 11 is 5.81. The van der Waals surface area contributed by atoms with Crippen LogP contribution in [0.25, 0.3) is 5.69 Å². The van der Waals surface area contributed by atoms with Crippen LogP contribution in [0.3, 0.4) is 0 Å². The molecule has 0 atom stereocenters. The van der Waals surface area contributed by atoms with E-state index in [0.717, 1.165) is 17.9 Å². The number of rotatable bonds is 3. The Morgan fingerprint density at radius 1 is 1.29 bits per heavy atom. The van der Waals surface area contributed by atoms with Gasteiger partial charge in [0.15, 0.2) is 0 Å². The van der Waals surface area contributed by atoms with Crippen LogP contribution in [-0.2, 0) is 6.42 Å². The lowest BCUT2D eigenvalue weighted by atomic mass is 10.1. The van der Waals surface area contributed by atoms with E-state index in [-0.39, 0.29) is 11.1 Å². The Morgan fingerprint density at radius 2 is 1.94 bits per heavy atom. The van der Waals surface area contributed by atoms with Crippen molar-refractivity contribution in [2.75, 3.05) is 0 Å². The van der Waals surface area contributed by atoms with Gasteiger partial charge in [0.25, 0.3) is 0 Å². The minimum atomic E-state index is -0.273. The van der Waals surface area contributed by atoms with E-state index < -0.39 is 0 Å². The average Bonchev–Trinajstić information content (AvgIpc) is 2.59. The lowest BCUT2D eigenvalue weighted by molar-refractivity contribution is 0.603. The van der Waals surface area contributed by atoms with Crippen LogP contribution >= 0.6 is 11.6 Å². The Balaban J connectivity index is 2.40. The van der Waals surface area contributed by atoms with Crippen LogP contribution in [0.4, 0.5) is 4.39 Å². The monoisotopic (exact) mass is 253 g/mol. The molecule has 0 fully saturated rings. The second-order valence-electron chi connectivity index (χ2n) is 4.28. The summed E-state index contributed by atoms with van der Waals surface area (Å²) in [7, 11) is 0. The maximum Gasteiger partial charge on any atom is 0.243 e. The van der Waals surface area contributed by atoms with Gasteiger partial charge >= 0.3 is 0 Å². The molecule has 2 rings (SSSR count). The molecule has 0 amide bonds. The van der Waals surface area contributed by atoms with E-state index in [2.05, 4.69) is 23.9 Å². The highest BCUT2D eigenvalue weighted by molar-refractivity contribution is 6.28. The Labute approximate surface area is 104 Å². The molecule has 0 aliphatic carbocycles. The first-order valence-corrected chi connectivity index (χ1v) is 5.81. The summed E-state index contributed by atoms with van der Waals surface area (Å²) < 4.78 is 14.5. The number of aromatic nitrogens is 3. The van der Waals surface area contributed by atoms with Gasteiger partial charge in [-0.25, -0.2) is 14.1 Å². The molecule has 1 heterocycles. The Hall–Kier alpha value is -1.42. The first kappa shape index (κ1) is 12.0. The van der Waals surface area contributed by atoms with Crippen molar-refractivity contribution < 1.29 is 4.39 Å². The van der Waals surface area contributed by atoms with Crippen molar-refractivity contribution in [1.29, 1.82) is 0 Å². The fourth-order valence-corrected chi connectivity index (χ4v) is 1.78. The van der Waals surface area contributed by atoms with Gasteiger partial charge in [-0.15, -0.1) is 5.10 Å². The third kappa shape index (κ3) is 2.82. The number of nitrogens with zero attached hydrogens (tertiary/aromatic N) is 3. The molecule has 0 aliphatic rings. The zero-order valence-corrected chi connectivity index (χ0v) is 10.4. The zero-order valence-electron chi connectivity index (χ0n) is 9.69. The van der Waals surface area contributed by atoms with Crippen LogP contribution in [0.2, 0.25) is 5.28 Å². The summed E-state index contributed by atoms with van der Waals surface area (Å²) in [5.74, 6) is 0.969. The molecule has 0 radical (unpaired) electrons. The van der Waals surface area contributed by atoms with Gasteiger partial charge in [-0.05, 0) is 41.8 Å². The number of hydrogen-bond donors (Lipinski definition) is 0. The Kier molecular flexibility index (Phi) is 3.43. The third-order valence-corrected chi connectivity index (χ3v) is 2.47. The smallest absolute Gasteiger partial charge is 0.216 e. The van der Waals surface area contributed by atoms with Gasteiger partial charge in [0.1, 0.15) is 11.6 Å². The second-order valence-corrected chi connectivity index (χ2v) is 4.62. The van der Waals surface area contributed by atoms with Gasteiger partial charge in [-0.3, -0.25) is 0 Å². The molecule has 0 saturated heterocycles. The topological polar surface area (TPSA) is 30.7 Å². The van der Waals surface area contributed by atoms with Gasteiger partial charge in [0.05, 0.1) is 5.69 Å². The minimum Gasteiger partial charge on any atom is -0.216 e. The molecule has 17 heavy (non-hydrogen) atoms. The standard InChI is InChI=1S/C12H13ClFN3/c1-8(2)7-11-15-12(13)16-17(11)10-5-3-9(14)4-6-10/h3-6,8H,7H2,1-2H3. The summed E-state index contributed by atoms with van der Waals surface area (Å²) in [6, 6.07) is 6.10. The van der Waals surface area contributed by atoms with Crippen molar-refractivity contribution in [2.24, 2.45) is 5.92 Å². The van der Waals surface area contributed by atoms with Crippen LogP contribution in [0.1, 0.15) is 19.7 Å². The van der Waals surface area contributed by atoms with E-state index in [9.17, 15) is 4.39 Å². The summed E-state index contributed by atoms with van der Waals surface area (Å²) in [4.78, 5) is 4.17. The molecule has 2 aromatic rings. The average molecular weight is 254 g/mol. The molecule has 0 aliphatic heterocycles. The molecule has 5 heteroatoms. The van der Waals surface area contributed by atoms with E-state index in [1.165, 1.54) is 12.1 Å². The number of hydrogen-bond acceptors (Lipinski definition) is 2. The van der Waals surface area contributed by atoms with Gasteiger partial charge in [-0.2, -0.15) is 0 Å². The number of benzene rings is 1. The molecule has 0 unspecified atom stereocenters. The molecule has 0 spiro atoms. The minimum absolute atomic E-state index is 0.213. The summed E-state index contributed by atoms with van der Waals surface area (Å²) in [6.45, 7) is 4.19. The van der Waals surface area contributed by atoms with E-state index >= 15 is 0 Å². The largest absolute Gasteiger partial charge is 0.243 e. The molecule has 1 aromatic heterocycles. The molecular formula is C12H13ClFN3. The zero-order chi connectivity index (χ0) is 12.4. The summed E-state index contributed by atoms with van der Waals surface area (Å²) in [6.07, 6.45) is 0.775. The van der Waals surface area contributed by atoms with E-state index in [0.29, 0.717) is 5.92 Å². The fourth-order valence-electron chi connectivity index (χ4n) is 1.60. The van der Waals surface area contributed by atoms with Crippen molar-refractivity contribution in [3.05, 3.63) is 41.2 Å². The van der Waals surface area contributed by atoms with Crippen molar-refractivity contribution in [1.82, 2.24) is 14.8 Å². The lowest BCUT2D eigenvalue weighted by Crippen LogP contribution is -2.06. The molecule has 0 bridgehead atoms. The van der Waals surface area contributed by atoms with Crippen LogP contribution in [0.15, 0.2) is 24.3 Å². The molecule has 0 saturated carbocycles. The van der Waals surface area contributed by atoms with E-state index in [1.807, 2.05) is 0 Å². The van der Waals surface area contributed by atoms with Crippen molar-refractivity contribution >= 4 is 11.6 Å². The molecule has 0 N–H and O–H groups in total. The number of halogens is 2. The Morgan fingerprint density at radius 3 is 2.53 bits per heavy atom. The van der Waals surface area contributed by atoms with Crippen molar-refractivity contribution in [3.63, 3.8) is 0 Å². The third-order valence-electron chi connectivity index (χ3n) is 2.31. The Bertz CT molecular complexity index is 505. The van der Waals surface area contributed by atoms with E-state index in [4.69, 9.17) is 11.6 Å². The normalized spacial score (nSPS) is 11.1. The van der Waals surface area contributed by atoms with Gasteiger partial charge in [0, 0.05) is 6.42 Å². The molecule has 1 aromatic carbocycles. The van der Waals surface area contributed by atoms with Crippen LogP contribution in [0.5, 0.6) is 0 Å². The SMILES string of the molecule is CC(C)Cc1nc(Cl)nn1-c1ccc(F)cc1. The predicted molar refractivity (Wildman–Crippen MR) is 64.9 cm³/mol.